The average Bonchev–Trinajstić information content (AvgIpc) is 2.41. The summed E-state index contributed by atoms with van der Waals surface area (Å²) in [6.07, 6.45) is 0. The zero-order valence-electron chi connectivity index (χ0n) is 10.2. The molecule has 0 spiro atoms. The van der Waals surface area contributed by atoms with Gasteiger partial charge in [-0.3, -0.25) is 4.79 Å². The van der Waals surface area contributed by atoms with Gasteiger partial charge in [-0.15, -0.1) is 11.8 Å². The average molecular weight is 330 g/mol. The molecular formula is C14H10Cl2FNOS. The van der Waals surface area contributed by atoms with E-state index in [0.717, 1.165) is 11.0 Å². The molecule has 2 aromatic carbocycles. The highest BCUT2D eigenvalue weighted by molar-refractivity contribution is 8.00. The van der Waals surface area contributed by atoms with Crippen LogP contribution in [-0.2, 0) is 4.79 Å². The lowest BCUT2D eigenvalue weighted by atomic mass is 10.3. The van der Waals surface area contributed by atoms with Gasteiger partial charge in [-0.1, -0.05) is 35.3 Å². The van der Waals surface area contributed by atoms with Crippen molar-refractivity contribution in [2.75, 3.05) is 11.1 Å². The quantitative estimate of drug-likeness (QED) is 0.811. The summed E-state index contributed by atoms with van der Waals surface area (Å²) < 4.78 is 13.5. The SMILES string of the molecule is O=C(CSc1ccccc1Cl)Nc1ccc(Cl)cc1F. The Balaban J connectivity index is 1.94. The first-order valence-electron chi connectivity index (χ1n) is 5.68. The molecule has 2 nitrogen and oxygen atoms in total. The summed E-state index contributed by atoms with van der Waals surface area (Å²) >= 11 is 12.9. The predicted molar refractivity (Wildman–Crippen MR) is 82.2 cm³/mol. The highest BCUT2D eigenvalue weighted by Gasteiger charge is 2.09. The molecule has 20 heavy (non-hydrogen) atoms. The number of amides is 1. The first kappa shape index (κ1) is 15.2. The van der Waals surface area contributed by atoms with Crippen molar-refractivity contribution in [2.24, 2.45) is 0 Å². The summed E-state index contributed by atoms with van der Waals surface area (Å²) in [6.45, 7) is 0. The molecule has 0 heterocycles. The second kappa shape index (κ2) is 6.97. The Morgan fingerprint density at radius 3 is 2.65 bits per heavy atom. The first-order chi connectivity index (χ1) is 9.56. The van der Waals surface area contributed by atoms with E-state index in [0.29, 0.717) is 5.02 Å². The standard InChI is InChI=1S/C14H10Cl2FNOS/c15-9-5-6-12(11(17)7-9)18-14(19)8-20-13-4-2-1-3-10(13)16/h1-7H,8H2,(H,18,19). The van der Waals surface area contributed by atoms with E-state index < -0.39 is 5.82 Å². The number of hydrogen-bond donors (Lipinski definition) is 1. The molecule has 1 N–H and O–H groups in total. The summed E-state index contributed by atoms with van der Waals surface area (Å²) in [7, 11) is 0. The third kappa shape index (κ3) is 4.13. The van der Waals surface area contributed by atoms with E-state index in [1.54, 1.807) is 6.07 Å². The molecule has 0 bridgehead atoms. The highest BCUT2D eigenvalue weighted by atomic mass is 35.5. The van der Waals surface area contributed by atoms with Gasteiger partial charge in [0, 0.05) is 9.92 Å². The van der Waals surface area contributed by atoms with E-state index in [1.165, 1.54) is 23.9 Å². The maximum atomic E-state index is 13.5. The third-order valence-corrected chi connectivity index (χ3v) is 4.15. The fraction of sp³-hybridized carbons (Fsp3) is 0.0714. The van der Waals surface area contributed by atoms with Crippen LogP contribution >= 0.6 is 35.0 Å². The lowest BCUT2D eigenvalue weighted by Gasteiger charge is -2.07. The molecule has 2 rings (SSSR count). The van der Waals surface area contributed by atoms with E-state index in [9.17, 15) is 9.18 Å². The Hall–Kier alpha value is -1.23. The van der Waals surface area contributed by atoms with Crippen LogP contribution in [-0.4, -0.2) is 11.7 Å². The number of hydrogen-bond acceptors (Lipinski definition) is 2. The molecule has 0 aromatic heterocycles. The zero-order chi connectivity index (χ0) is 14.5. The van der Waals surface area contributed by atoms with Crippen LogP contribution in [0.4, 0.5) is 10.1 Å². The second-order valence-corrected chi connectivity index (χ2v) is 5.75. The molecule has 1 amide bonds. The summed E-state index contributed by atoms with van der Waals surface area (Å²) in [6, 6.07) is 11.3. The van der Waals surface area contributed by atoms with Crippen molar-refractivity contribution in [3.05, 3.63) is 58.3 Å². The summed E-state index contributed by atoms with van der Waals surface area (Å²) in [5, 5.41) is 3.36. The molecule has 0 unspecified atom stereocenters. The van der Waals surface area contributed by atoms with Crippen molar-refractivity contribution in [1.29, 1.82) is 0 Å². The number of carbonyl (C=O) groups excluding carboxylic acids is 1. The van der Waals surface area contributed by atoms with Gasteiger partial charge in [-0.05, 0) is 30.3 Å². The number of benzene rings is 2. The summed E-state index contributed by atoms with van der Waals surface area (Å²) in [4.78, 5) is 12.6. The van der Waals surface area contributed by atoms with E-state index in [4.69, 9.17) is 23.2 Å². The van der Waals surface area contributed by atoms with Gasteiger partial charge in [0.25, 0.3) is 0 Å². The van der Waals surface area contributed by atoms with Gasteiger partial charge < -0.3 is 5.32 Å². The van der Waals surface area contributed by atoms with Crippen molar-refractivity contribution in [1.82, 2.24) is 0 Å². The van der Waals surface area contributed by atoms with E-state index in [1.807, 2.05) is 18.2 Å². The molecular weight excluding hydrogens is 320 g/mol. The summed E-state index contributed by atoms with van der Waals surface area (Å²) in [5.41, 5.74) is 0.110. The number of nitrogens with one attached hydrogen (secondary N) is 1. The van der Waals surface area contributed by atoms with Crippen LogP contribution in [0.25, 0.3) is 0 Å². The van der Waals surface area contributed by atoms with Crippen LogP contribution in [0, 0.1) is 5.82 Å². The van der Waals surface area contributed by atoms with Crippen LogP contribution in [0.5, 0.6) is 0 Å². The van der Waals surface area contributed by atoms with E-state index in [2.05, 4.69) is 5.32 Å². The molecule has 0 aliphatic rings. The van der Waals surface area contributed by atoms with Crippen molar-refractivity contribution in [3.63, 3.8) is 0 Å². The molecule has 0 atom stereocenters. The van der Waals surface area contributed by atoms with Gasteiger partial charge in [-0.25, -0.2) is 4.39 Å². The number of anilines is 1. The topological polar surface area (TPSA) is 29.1 Å². The van der Waals surface area contributed by atoms with Crippen LogP contribution in [0.1, 0.15) is 0 Å². The van der Waals surface area contributed by atoms with Crippen LogP contribution in [0.3, 0.4) is 0 Å². The zero-order valence-corrected chi connectivity index (χ0v) is 12.5. The Morgan fingerprint density at radius 1 is 1.20 bits per heavy atom. The lowest BCUT2D eigenvalue weighted by molar-refractivity contribution is -0.113. The first-order valence-corrected chi connectivity index (χ1v) is 7.42. The fourth-order valence-corrected chi connectivity index (χ4v) is 2.68. The van der Waals surface area contributed by atoms with Crippen molar-refractivity contribution >= 4 is 46.6 Å². The lowest BCUT2D eigenvalue weighted by Crippen LogP contribution is -2.15. The fourth-order valence-electron chi connectivity index (χ4n) is 1.48. The second-order valence-electron chi connectivity index (χ2n) is 3.89. The molecule has 0 radical (unpaired) electrons. The van der Waals surface area contributed by atoms with Gasteiger partial charge in [0.15, 0.2) is 0 Å². The molecule has 0 aliphatic heterocycles. The highest BCUT2D eigenvalue weighted by Crippen LogP contribution is 2.26. The van der Waals surface area contributed by atoms with Crippen molar-refractivity contribution < 1.29 is 9.18 Å². The minimum absolute atomic E-state index is 0.110. The smallest absolute Gasteiger partial charge is 0.234 e. The summed E-state index contributed by atoms with van der Waals surface area (Å²) in [5.74, 6) is -0.726. The van der Waals surface area contributed by atoms with Crippen molar-refractivity contribution in [3.8, 4) is 0 Å². The van der Waals surface area contributed by atoms with E-state index in [-0.39, 0.29) is 22.4 Å². The monoisotopic (exact) mass is 329 g/mol. The number of rotatable bonds is 4. The van der Waals surface area contributed by atoms with E-state index >= 15 is 0 Å². The van der Waals surface area contributed by atoms with Gasteiger partial charge in [0.2, 0.25) is 5.91 Å². The Kier molecular flexibility index (Phi) is 5.29. The van der Waals surface area contributed by atoms with Gasteiger partial charge >= 0.3 is 0 Å². The maximum Gasteiger partial charge on any atom is 0.234 e. The van der Waals surface area contributed by atoms with Crippen molar-refractivity contribution in [2.45, 2.75) is 4.90 Å². The molecule has 0 fully saturated rings. The van der Waals surface area contributed by atoms with Gasteiger partial charge in [0.1, 0.15) is 5.82 Å². The van der Waals surface area contributed by atoms with Crippen LogP contribution < -0.4 is 5.32 Å². The Labute approximate surface area is 130 Å². The largest absolute Gasteiger partial charge is 0.323 e. The normalized spacial score (nSPS) is 10.3. The van der Waals surface area contributed by atoms with Crippen LogP contribution in [0.15, 0.2) is 47.4 Å². The molecule has 0 aliphatic carbocycles. The predicted octanol–water partition coefficient (Wildman–Crippen LogP) is 4.86. The maximum absolute atomic E-state index is 13.5. The molecule has 0 saturated carbocycles. The Morgan fingerprint density at radius 2 is 1.95 bits per heavy atom. The Bertz CT molecular complexity index is 636. The molecule has 6 heteroatoms. The third-order valence-electron chi connectivity index (χ3n) is 2.40. The number of thioether (sulfide) groups is 1. The molecule has 104 valence electrons. The minimum Gasteiger partial charge on any atom is -0.323 e. The van der Waals surface area contributed by atoms with Gasteiger partial charge in [0.05, 0.1) is 16.5 Å². The molecule has 0 saturated heterocycles. The van der Waals surface area contributed by atoms with Crippen LogP contribution in [0.2, 0.25) is 10.0 Å². The number of halogens is 3. The van der Waals surface area contributed by atoms with Gasteiger partial charge in [-0.2, -0.15) is 0 Å². The molecule has 2 aromatic rings. The number of carbonyl (C=O) groups is 1. The minimum atomic E-state index is -0.561.